The number of nitrogens with zero attached hydrogens (tertiary/aromatic N) is 3. The fourth-order valence-electron chi connectivity index (χ4n) is 3.17. The molecule has 7 heteroatoms. The first-order valence-corrected chi connectivity index (χ1v) is 8.52. The number of hydrogen-bond donors (Lipinski definition) is 2. The maximum absolute atomic E-state index is 10.3. The summed E-state index contributed by atoms with van der Waals surface area (Å²) in [5, 5.41) is 13.7. The van der Waals surface area contributed by atoms with Gasteiger partial charge >= 0.3 is 0 Å². The number of rotatable bonds is 4. The summed E-state index contributed by atoms with van der Waals surface area (Å²) in [6, 6.07) is 13.0. The van der Waals surface area contributed by atoms with Gasteiger partial charge in [-0.2, -0.15) is 0 Å². The monoisotopic (exact) mass is 360 g/mol. The van der Waals surface area contributed by atoms with E-state index in [9.17, 15) is 5.11 Å². The maximum atomic E-state index is 10.3. The van der Waals surface area contributed by atoms with Gasteiger partial charge in [0.2, 0.25) is 6.79 Å². The molecule has 4 aromatic rings. The molecule has 0 atom stereocenters. The van der Waals surface area contributed by atoms with Crippen molar-refractivity contribution in [1.29, 1.82) is 0 Å². The summed E-state index contributed by atoms with van der Waals surface area (Å²) in [5.41, 5.74) is 3.08. The summed E-state index contributed by atoms with van der Waals surface area (Å²) < 4.78 is 12.7. The Morgan fingerprint density at radius 2 is 2.00 bits per heavy atom. The number of hydrogen-bond acceptors (Lipinski definition) is 6. The Morgan fingerprint density at radius 3 is 2.93 bits per heavy atom. The van der Waals surface area contributed by atoms with Crippen LogP contribution in [0.15, 0.2) is 61.1 Å². The Morgan fingerprint density at radius 1 is 1.11 bits per heavy atom. The number of ether oxygens (including phenoxy) is 2. The summed E-state index contributed by atoms with van der Waals surface area (Å²) in [7, 11) is 0. The molecular formula is C20H16N4O3. The Balaban J connectivity index is 1.54. The number of benzene rings is 2. The molecule has 2 N–H and O–H groups in total. The first kappa shape index (κ1) is 15.5. The van der Waals surface area contributed by atoms with Crippen molar-refractivity contribution in [3.05, 3.63) is 66.6 Å². The average Bonchev–Trinajstić information content (AvgIpc) is 3.30. The van der Waals surface area contributed by atoms with Crippen molar-refractivity contribution in [3.63, 3.8) is 0 Å². The van der Waals surface area contributed by atoms with Crippen molar-refractivity contribution in [1.82, 2.24) is 14.4 Å². The van der Waals surface area contributed by atoms with Gasteiger partial charge in [-0.15, -0.1) is 0 Å². The van der Waals surface area contributed by atoms with Crippen molar-refractivity contribution in [2.24, 2.45) is 0 Å². The van der Waals surface area contributed by atoms with E-state index in [2.05, 4.69) is 15.3 Å². The number of fused-ring (bicyclic) bond motifs is 2. The molecule has 0 aliphatic carbocycles. The van der Waals surface area contributed by atoms with Gasteiger partial charge in [-0.1, -0.05) is 18.2 Å². The normalized spacial score (nSPS) is 12.4. The summed E-state index contributed by atoms with van der Waals surface area (Å²) in [6.45, 7) is 0.817. The molecule has 0 bridgehead atoms. The van der Waals surface area contributed by atoms with Crippen molar-refractivity contribution in [2.45, 2.75) is 6.54 Å². The highest BCUT2D eigenvalue weighted by molar-refractivity contribution is 5.79. The van der Waals surface area contributed by atoms with E-state index in [0.717, 1.165) is 22.9 Å². The zero-order chi connectivity index (χ0) is 18.2. The third-order valence-corrected chi connectivity index (χ3v) is 4.49. The number of para-hydroxylation sites is 1. The minimum absolute atomic E-state index is 0.181. The van der Waals surface area contributed by atoms with Crippen LogP contribution in [0, 0.1) is 0 Å². The van der Waals surface area contributed by atoms with Crippen LogP contribution in [0.25, 0.3) is 16.9 Å². The third-order valence-electron chi connectivity index (χ3n) is 4.49. The molecule has 7 nitrogen and oxygen atoms in total. The number of imidazole rings is 1. The minimum atomic E-state index is 0.181. The Bertz CT molecular complexity index is 1140. The number of aromatic hydroxyl groups is 1. The second kappa shape index (κ2) is 6.21. The van der Waals surface area contributed by atoms with Gasteiger partial charge in [0.1, 0.15) is 17.3 Å². The molecule has 0 fully saturated rings. The van der Waals surface area contributed by atoms with Crippen molar-refractivity contribution in [2.75, 3.05) is 12.1 Å². The van der Waals surface area contributed by atoms with Crippen LogP contribution in [-0.2, 0) is 6.54 Å². The number of aromatic nitrogens is 3. The van der Waals surface area contributed by atoms with Crippen molar-refractivity contribution in [3.8, 4) is 28.5 Å². The largest absolute Gasteiger partial charge is 0.507 e. The third kappa shape index (κ3) is 2.69. The first-order valence-electron chi connectivity index (χ1n) is 8.52. The molecule has 0 saturated carbocycles. The molecule has 0 saturated heterocycles. The standard InChI is InChI=1S/C20H16N4O3/c25-15-4-2-1-3-14(15)19-20(24-8-7-21-11-18(24)23-19)22-10-13-5-6-16-17(9-13)27-12-26-16/h1-9,11,22,25H,10,12H2. The highest BCUT2D eigenvalue weighted by Gasteiger charge is 2.17. The molecule has 0 spiro atoms. The molecule has 2 aromatic heterocycles. The lowest BCUT2D eigenvalue weighted by atomic mass is 10.1. The smallest absolute Gasteiger partial charge is 0.231 e. The van der Waals surface area contributed by atoms with Gasteiger partial charge in [0.05, 0.1) is 6.20 Å². The number of nitrogens with one attached hydrogen (secondary N) is 1. The van der Waals surface area contributed by atoms with Crippen LogP contribution in [-0.4, -0.2) is 26.3 Å². The van der Waals surface area contributed by atoms with Gasteiger partial charge in [0, 0.05) is 24.5 Å². The van der Waals surface area contributed by atoms with E-state index in [-0.39, 0.29) is 12.5 Å². The van der Waals surface area contributed by atoms with Crippen LogP contribution < -0.4 is 14.8 Å². The fourth-order valence-corrected chi connectivity index (χ4v) is 3.17. The topological polar surface area (TPSA) is 80.9 Å². The van der Waals surface area contributed by atoms with Crippen molar-refractivity contribution < 1.29 is 14.6 Å². The molecular weight excluding hydrogens is 344 g/mol. The predicted molar refractivity (Wildman–Crippen MR) is 100.0 cm³/mol. The summed E-state index contributed by atoms with van der Waals surface area (Å²) in [4.78, 5) is 8.78. The van der Waals surface area contributed by atoms with Gasteiger partial charge in [-0.05, 0) is 29.8 Å². The van der Waals surface area contributed by atoms with Crippen LogP contribution in [0.2, 0.25) is 0 Å². The van der Waals surface area contributed by atoms with E-state index in [0.29, 0.717) is 23.4 Å². The second-order valence-corrected chi connectivity index (χ2v) is 6.17. The van der Waals surface area contributed by atoms with E-state index in [1.807, 2.05) is 40.9 Å². The van der Waals surface area contributed by atoms with Crippen LogP contribution in [0.3, 0.4) is 0 Å². The van der Waals surface area contributed by atoms with Crippen LogP contribution in [0.1, 0.15) is 5.56 Å². The molecule has 1 aliphatic rings. The van der Waals surface area contributed by atoms with Gasteiger partial charge in [-0.3, -0.25) is 9.38 Å². The molecule has 0 amide bonds. The summed E-state index contributed by atoms with van der Waals surface area (Å²) >= 11 is 0. The Hall–Kier alpha value is -3.74. The van der Waals surface area contributed by atoms with E-state index in [1.54, 1.807) is 24.5 Å². The zero-order valence-electron chi connectivity index (χ0n) is 14.3. The molecule has 134 valence electrons. The number of phenolic OH excluding ortho intramolecular Hbond substituents is 1. The highest BCUT2D eigenvalue weighted by Crippen LogP contribution is 2.35. The fraction of sp³-hybridized carbons (Fsp3) is 0.100. The maximum Gasteiger partial charge on any atom is 0.231 e. The van der Waals surface area contributed by atoms with Crippen LogP contribution >= 0.6 is 0 Å². The molecule has 0 radical (unpaired) electrons. The summed E-state index contributed by atoms with van der Waals surface area (Å²) in [6.07, 6.45) is 5.23. The molecule has 3 heterocycles. The highest BCUT2D eigenvalue weighted by atomic mass is 16.7. The molecule has 2 aromatic carbocycles. The number of phenols is 1. The zero-order valence-corrected chi connectivity index (χ0v) is 14.3. The van der Waals surface area contributed by atoms with Gasteiger partial charge in [0.15, 0.2) is 17.1 Å². The minimum Gasteiger partial charge on any atom is -0.507 e. The molecule has 27 heavy (non-hydrogen) atoms. The second-order valence-electron chi connectivity index (χ2n) is 6.17. The Kier molecular flexibility index (Phi) is 3.57. The quantitative estimate of drug-likeness (QED) is 0.580. The molecule has 1 aliphatic heterocycles. The van der Waals surface area contributed by atoms with E-state index in [1.165, 1.54) is 0 Å². The number of anilines is 1. The lowest BCUT2D eigenvalue weighted by molar-refractivity contribution is 0.174. The van der Waals surface area contributed by atoms with Crippen LogP contribution in [0.4, 0.5) is 5.82 Å². The predicted octanol–water partition coefficient (Wildman–Crippen LogP) is 3.44. The lowest BCUT2D eigenvalue weighted by Crippen LogP contribution is -2.03. The van der Waals surface area contributed by atoms with E-state index in [4.69, 9.17) is 9.47 Å². The SMILES string of the molecule is Oc1ccccc1-c1nc2cnccn2c1NCc1ccc2c(c1)OCO2. The van der Waals surface area contributed by atoms with E-state index < -0.39 is 0 Å². The summed E-state index contributed by atoms with van der Waals surface area (Å²) in [5.74, 6) is 2.47. The lowest BCUT2D eigenvalue weighted by Gasteiger charge is -2.10. The molecule has 0 unspecified atom stereocenters. The molecule has 5 rings (SSSR count). The average molecular weight is 360 g/mol. The van der Waals surface area contributed by atoms with E-state index >= 15 is 0 Å². The van der Waals surface area contributed by atoms with Crippen molar-refractivity contribution >= 4 is 11.5 Å². The van der Waals surface area contributed by atoms with Gasteiger partial charge in [-0.25, -0.2) is 4.98 Å². The van der Waals surface area contributed by atoms with Gasteiger partial charge < -0.3 is 19.9 Å². The Labute approximate surface area is 154 Å². The van der Waals surface area contributed by atoms with Gasteiger partial charge in [0.25, 0.3) is 0 Å². The van der Waals surface area contributed by atoms with Crippen LogP contribution in [0.5, 0.6) is 17.2 Å². The first-order chi connectivity index (χ1) is 13.3.